The molecule has 7 nitrogen and oxygen atoms in total. The van der Waals surface area contributed by atoms with Crippen LogP contribution in [0.25, 0.3) is 0 Å². The number of anilines is 2. The highest BCUT2D eigenvalue weighted by Gasteiger charge is 2.33. The van der Waals surface area contributed by atoms with Gasteiger partial charge in [-0.1, -0.05) is 0 Å². The number of hydrogen-bond donors (Lipinski definition) is 2. The van der Waals surface area contributed by atoms with Crippen molar-refractivity contribution in [1.82, 2.24) is 4.72 Å². The van der Waals surface area contributed by atoms with Gasteiger partial charge in [0, 0.05) is 37.3 Å². The van der Waals surface area contributed by atoms with Gasteiger partial charge < -0.3 is 10.2 Å². The fourth-order valence-electron chi connectivity index (χ4n) is 2.87. The lowest BCUT2D eigenvalue weighted by Crippen LogP contribution is -2.37. The van der Waals surface area contributed by atoms with E-state index in [2.05, 4.69) is 10.0 Å². The highest BCUT2D eigenvalue weighted by molar-refractivity contribution is 7.89. The van der Waals surface area contributed by atoms with Gasteiger partial charge in [0.2, 0.25) is 21.8 Å². The highest BCUT2D eigenvalue weighted by Crippen LogP contribution is 2.23. The quantitative estimate of drug-likeness (QED) is 0.813. The molecule has 142 valence electrons. The van der Waals surface area contributed by atoms with Gasteiger partial charge in [0.15, 0.2) is 0 Å². The van der Waals surface area contributed by atoms with Crippen LogP contribution in [0.2, 0.25) is 0 Å². The minimum absolute atomic E-state index is 0.0145. The van der Waals surface area contributed by atoms with Crippen LogP contribution in [0.5, 0.6) is 0 Å². The lowest BCUT2D eigenvalue weighted by Gasteiger charge is -2.17. The van der Waals surface area contributed by atoms with Crippen molar-refractivity contribution in [1.29, 1.82) is 0 Å². The van der Waals surface area contributed by atoms with Crippen LogP contribution in [-0.2, 0) is 19.6 Å². The summed E-state index contributed by atoms with van der Waals surface area (Å²) < 4.78 is 40.6. The molecule has 2 aromatic carbocycles. The summed E-state index contributed by atoms with van der Waals surface area (Å²) in [5, 5.41) is 2.56. The summed E-state index contributed by atoms with van der Waals surface area (Å²) in [5.41, 5.74) is 1.00. The number of carbonyl (C=O) groups is 2. The van der Waals surface area contributed by atoms with E-state index in [1.165, 1.54) is 60.4 Å². The van der Waals surface area contributed by atoms with E-state index in [0.717, 1.165) is 0 Å². The summed E-state index contributed by atoms with van der Waals surface area (Å²) in [6.45, 7) is 1.52. The first kappa shape index (κ1) is 19.0. The van der Waals surface area contributed by atoms with Crippen LogP contribution in [0.1, 0.15) is 13.3 Å². The number of nitrogens with one attached hydrogen (secondary N) is 2. The Morgan fingerprint density at radius 1 is 1.11 bits per heavy atom. The van der Waals surface area contributed by atoms with Gasteiger partial charge in [-0.15, -0.1) is 0 Å². The third-order valence-corrected chi connectivity index (χ3v) is 5.61. The smallest absolute Gasteiger partial charge is 0.240 e. The van der Waals surface area contributed by atoms with E-state index < -0.39 is 21.9 Å². The third kappa shape index (κ3) is 4.50. The molecule has 0 unspecified atom stereocenters. The molecule has 1 atom stereocenters. The number of benzene rings is 2. The molecular weight excluding hydrogens is 373 g/mol. The fraction of sp³-hybridized carbons (Fsp3) is 0.222. The van der Waals surface area contributed by atoms with E-state index in [-0.39, 0.29) is 29.7 Å². The Bertz CT molecular complexity index is 959. The van der Waals surface area contributed by atoms with Gasteiger partial charge in [-0.25, -0.2) is 17.5 Å². The zero-order valence-electron chi connectivity index (χ0n) is 14.5. The first-order valence-electron chi connectivity index (χ1n) is 8.20. The van der Waals surface area contributed by atoms with E-state index in [1.54, 1.807) is 0 Å². The molecule has 0 radical (unpaired) electrons. The number of halogens is 1. The predicted molar refractivity (Wildman–Crippen MR) is 98.2 cm³/mol. The normalized spacial score (nSPS) is 17.2. The number of sulfonamides is 1. The predicted octanol–water partition coefficient (Wildman–Crippen LogP) is 1.87. The topological polar surface area (TPSA) is 95.6 Å². The number of nitrogens with zero attached hydrogens (tertiary/aromatic N) is 1. The Hall–Kier alpha value is -2.78. The molecule has 2 aromatic rings. The molecule has 0 spiro atoms. The fourth-order valence-corrected chi connectivity index (χ4v) is 4.09. The van der Waals surface area contributed by atoms with Crippen molar-refractivity contribution in [2.75, 3.05) is 16.8 Å². The molecule has 0 aliphatic carbocycles. The average molecular weight is 391 g/mol. The van der Waals surface area contributed by atoms with Crippen LogP contribution < -0.4 is 14.9 Å². The Morgan fingerprint density at radius 2 is 1.74 bits per heavy atom. The largest absolute Gasteiger partial charge is 0.326 e. The molecule has 0 saturated carbocycles. The minimum atomic E-state index is -3.83. The summed E-state index contributed by atoms with van der Waals surface area (Å²) in [5.74, 6) is -0.908. The van der Waals surface area contributed by atoms with Gasteiger partial charge in [-0.3, -0.25) is 9.59 Å². The Kier molecular flexibility index (Phi) is 5.24. The Labute approximate surface area is 156 Å². The second-order valence-electron chi connectivity index (χ2n) is 6.21. The number of rotatable bonds is 5. The molecule has 0 aromatic heterocycles. The van der Waals surface area contributed by atoms with E-state index in [4.69, 9.17) is 0 Å². The lowest BCUT2D eigenvalue weighted by molar-refractivity contribution is -0.117. The molecule has 2 amide bonds. The summed E-state index contributed by atoms with van der Waals surface area (Å²) in [6.07, 6.45) is 0.0145. The van der Waals surface area contributed by atoms with Crippen molar-refractivity contribution in [3.05, 3.63) is 54.3 Å². The maximum atomic E-state index is 13.0. The minimum Gasteiger partial charge on any atom is -0.326 e. The summed E-state index contributed by atoms with van der Waals surface area (Å²) in [4.78, 5) is 24.7. The van der Waals surface area contributed by atoms with Crippen LogP contribution >= 0.6 is 0 Å². The van der Waals surface area contributed by atoms with Crippen LogP contribution in [0.15, 0.2) is 53.4 Å². The lowest BCUT2D eigenvalue weighted by atomic mass is 10.3. The molecule has 3 rings (SSSR count). The Balaban J connectivity index is 1.70. The van der Waals surface area contributed by atoms with E-state index in [1.807, 2.05) is 0 Å². The molecule has 1 saturated heterocycles. The molecule has 1 heterocycles. The first-order chi connectivity index (χ1) is 12.7. The van der Waals surface area contributed by atoms with Crippen LogP contribution in [0.4, 0.5) is 15.8 Å². The maximum absolute atomic E-state index is 13.0. The third-order valence-electron chi connectivity index (χ3n) is 4.07. The molecule has 1 fully saturated rings. The maximum Gasteiger partial charge on any atom is 0.240 e. The number of carbonyl (C=O) groups excluding carboxylic acids is 2. The summed E-state index contributed by atoms with van der Waals surface area (Å²) in [7, 11) is -3.83. The van der Waals surface area contributed by atoms with Crippen molar-refractivity contribution >= 4 is 33.2 Å². The van der Waals surface area contributed by atoms with Crippen molar-refractivity contribution in [3.8, 4) is 0 Å². The van der Waals surface area contributed by atoms with E-state index >= 15 is 0 Å². The molecule has 1 aliphatic rings. The molecular formula is C18H18FN3O4S. The van der Waals surface area contributed by atoms with Crippen molar-refractivity contribution in [3.63, 3.8) is 0 Å². The van der Waals surface area contributed by atoms with Crippen molar-refractivity contribution < 1.29 is 22.4 Å². The molecule has 27 heavy (non-hydrogen) atoms. The van der Waals surface area contributed by atoms with E-state index in [9.17, 15) is 22.4 Å². The molecule has 2 N–H and O–H groups in total. The van der Waals surface area contributed by atoms with Gasteiger partial charge in [0.25, 0.3) is 0 Å². The van der Waals surface area contributed by atoms with Crippen LogP contribution in [0.3, 0.4) is 0 Å². The zero-order valence-corrected chi connectivity index (χ0v) is 15.3. The van der Waals surface area contributed by atoms with E-state index in [0.29, 0.717) is 11.4 Å². The second kappa shape index (κ2) is 7.45. The molecule has 1 aliphatic heterocycles. The number of hydrogen-bond acceptors (Lipinski definition) is 4. The van der Waals surface area contributed by atoms with Crippen LogP contribution in [0, 0.1) is 5.82 Å². The summed E-state index contributed by atoms with van der Waals surface area (Å²) in [6, 6.07) is 10.6. The highest BCUT2D eigenvalue weighted by atomic mass is 32.2. The zero-order chi connectivity index (χ0) is 19.6. The van der Waals surface area contributed by atoms with Gasteiger partial charge in [-0.05, 0) is 48.5 Å². The second-order valence-corrected chi connectivity index (χ2v) is 7.92. The SMILES string of the molecule is CC(=O)Nc1ccc(S(=O)(=O)N[C@H]2CC(=O)N(c3ccc(F)cc3)C2)cc1. The molecule has 9 heteroatoms. The van der Waals surface area contributed by atoms with Gasteiger partial charge in [0.05, 0.1) is 4.90 Å². The summed E-state index contributed by atoms with van der Waals surface area (Å²) >= 11 is 0. The van der Waals surface area contributed by atoms with Gasteiger partial charge >= 0.3 is 0 Å². The monoisotopic (exact) mass is 391 g/mol. The average Bonchev–Trinajstić information content (AvgIpc) is 2.95. The Morgan fingerprint density at radius 3 is 2.33 bits per heavy atom. The van der Waals surface area contributed by atoms with Gasteiger partial charge in [0.1, 0.15) is 5.82 Å². The molecule has 0 bridgehead atoms. The standard InChI is InChI=1S/C18H18FN3O4S/c1-12(23)20-14-4-8-17(9-5-14)27(25,26)21-15-10-18(24)22(11-15)16-6-2-13(19)3-7-16/h2-9,15,21H,10-11H2,1H3,(H,20,23)/t15-/m0/s1. The van der Waals surface area contributed by atoms with Gasteiger partial charge in [-0.2, -0.15) is 0 Å². The van der Waals surface area contributed by atoms with Crippen molar-refractivity contribution in [2.45, 2.75) is 24.3 Å². The van der Waals surface area contributed by atoms with Crippen molar-refractivity contribution in [2.24, 2.45) is 0 Å². The van der Waals surface area contributed by atoms with Crippen LogP contribution in [-0.4, -0.2) is 32.8 Å². The first-order valence-corrected chi connectivity index (χ1v) is 9.69. The number of amides is 2.